The fraction of sp³-hybridized carbons (Fsp3) is 0.286. The average Bonchev–Trinajstić information content (AvgIpc) is 3.16. The van der Waals surface area contributed by atoms with Crippen molar-refractivity contribution in [1.29, 1.82) is 0 Å². The summed E-state index contributed by atoms with van der Waals surface area (Å²) in [5.41, 5.74) is 0.740. The molecule has 0 aliphatic carbocycles. The van der Waals surface area contributed by atoms with E-state index in [9.17, 15) is 4.79 Å². The quantitative estimate of drug-likeness (QED) is 0.714. The van der Waals surface area contributed by atoms with Crippen molar-refractivity contribution in [2.24, 2.45) is 0 Å². The van der Waals surface area contributed by atoms with Crippen LogP contribution in [0.3, 0.4) is 0 Å². The molecule has 0 saturated carbocycles. The van der Waals surface area contributed by atoms with Crippen molar-refractivity contribution in [2.45, 2.75) is 12.5 Å². The normalized spacial score (nSPS) is 16.5. The van der Waals surface area contributed by atoms with Gasteiger partial charge in [-0.05, 0) is 22.9 Å². The molecule has 0 radical (unpaired) electrons. The van der Waals surface area contributed by atoms with Crippen molar-refractivity contribution < 1.29 is 9.53 Å². The highest BCUT2D eigenvalue weighted by Crippen LogP contribution is 2.23. The lowest BCUT2D eigenvalue weighted by Crippen LogP contribution is -2.31. The fourth-order valence-electron chi connectivity index (χ4n) is 3.38. The van der Waals surface area contributed by atoms with Gasteiger partial charge in [-0.25, -0.2) is 0 Å². The van der Waals surface area contributed by atoms with Crippen LogP contribution in [-0.2, 0) is 0 Å². The topological polar surface area (TPSA) is 58.6 Å². The highest BCUT2D eigenvalue weighted by molar-refractivity contribution is 6.07. The molecule has 1 atom stereocenters. The molecule has 1 aliphatic rings. The number of aromatic nitrogens is 2. The van der Waals surface area contributed by atoms with Crippen LogP contribution in [0.4, 0.5) is 5.82 Å². The minimum atomic E-state index is -0.0663. The second-order valence-electron chi connectivity index (χ2n) is 6.93. The van der Waals surface area contributed by atoms with Crippen molar-refractivity contribution >= 4 is 22.5 Å². The Labute approximate surface area is 158 Å². The number of hydrogen-bond donors (Lipinski definition) is 0. The van der Waals surface area contributed by atoms with Gasteiger partial charge in [0.1, 0.15) is 6.10 Å². The van der Waals surface area contributed by atoms with Gasteiger partial charge in [0.15, 0.2) is 5.82 Å². The molecule has 6 heteroatoms. The maximum Gasteiger partial charge on any atom is 0.254 e. The van der Waals surface area contributed by atoms with E-state index in [4.69, 9.17) is 4.74 Å². The van der Waals surface area contributed by atoms with Crippen molar-refractivity contribution in [3.8, 4) is 5.88 Å². The molecule has 1 amide bonds. The van der Waals surface area contributed by atoms with Crippen LogP contribution in [0.15, 0.2) is 54.6 Å². The number of ether oxygens (including phenoxy) is 1. The third-order valence-corrected chi connectivity index (χ3v) is 4.82. The summed E-state index contributed by atoms with van der Waals surface area (Å²) in [4.78, 5) is 16.8. The molecule has 4 rings (SSSR count). The Hall–Kier alpha value is -3.15. The third-order valence-electron chi connectivity index (χ3n) is 4.82. The van der Waals surface area contributed by atoms with Crippen molar-refractivity contribution in [2.75, 3.05) is 32.1 Å². The summed E-state index contributed by atoms with van der Waals surface area (Å²) in [6.07, 6.45) is 0.719. The maximum absolute atomic E-state index is 13.0. The SMILES string of the molecule is CN(C)c1ccc(OC2CCN(C(=O)c3cccc4ccccc34)C2)nn1. The molecule has 1 aromatic heterocycles. The Balaban J connectivity index is 1.45. The van der Waals surface area contributed by atoms with Crippen LogP contribution in [0.1, 0.15) is 16.8 Å². The van der Waals surface area contributed by atoms with Gasteiger partial charge in [0.2, 0.25) is 5.88 Å². The van der Waals surface area contributed by atoms with Crippen molar-refractivity contribution in [3.63, 3.8) is 0 Å². The molecule has 138 valence electrons. The van der Waals surface area contributed by atoms with Crippen LogP contribution >= 0.6 is 0 Å². The van der Waals surface area contributed by atoms with Gasteiger partial charge >= 0.3 is 0 Å². The lowest BCUT2D eigenvalue weighted by molar-refractivity contribution is 0.0773. The second-order valence-corrected chi connectivity index (χ2v) is 6.93. The van der Waals surface area contributed by atoms with E-state index in [-0.39, 0.29) is 12.0 Å². The largest absolute Gasteiger partial charge is 0.471 e. The lowest BCUT2D eigenvalue weighted by atomic mass is 10.0. The second kappa shape index (κ2) is 7.23. The molecule has 2 aromatic carbocycles. The van der Waals surface area contributed by atoms with E-state index in [2.05, 4.69) is 10.2 Å². The Morgan fingerprint density at radius 2 is 1.89 bits per heavy atom. The van der Waals surface area contributed by atoms with E-state index in [1.54, 1.807) is 0 Å². The summed E-state index contributed by atoms with van der Waals surface area (Å²) in [6.45, 7) is 1.23. The molecule has 27 heavy (non-hydrogen) atoms. The Morgan fingerprint density at radius 1 is 1.07 bits per heavy atom. The summed E-state index contributed by atoms with van der Waals surface area (Å²) >= 11 is 0. The molecule has 0 N–H and O–H groups in total. The molecule has 1 unspecified atom stereocenters. The number of likely N-dealkylation sites (tertiary alicyclic amines) is 1. The van der Waals surface area contributed by atoms with Gasteiger partial charge in [-0.15, -0.1) is 10.2 Å². The Kier molecular flexibility index (Phi) is 4.62. The van der Waals surface area contributed by atoms with Crippen molar-refractivity contribution in [1.82, 2.24) is 15.1 Å². The molecule has 3 aromatic rings. The van der Waals surface area contributed by atoms with Gasteiger partial charge in [-0.2, -0.15) is 0 Å². The Bertz CT molecular complexity index is 951. The molecule has 2 heterocycles. The molecular weight excluding hydrogens is 340 g/mol. The summed E-state index contributed by atoms with van der Waals surface area (Å²) in [5.74, 6) is 1.32. The van der Waals surface area contributed by atoms with Gasteiger partial charge in [0, 0.05) is 38.7 Å². The van der Waals surface area contributed by atoms with E-state index in [1.165, 1.54) is 0 Å². The first-order chi connectivity index (χ1) is 13.1. The zero-order valence-electron chi connectivity index (χ0n) is 15.5. The van der Waals surface area contributed by atoms with Gasteiger partial charge in [0.05, 0.1) is 6.54 Å². The predicted octanol–water partition coefficient (Wildman–Crippen LogP) is 2.99. The minimum Gasteiger partial charge on any atom is -0.471 e. The number of fused-ring (bicyclic) bond motifs is 1. The highest BCUT2D eigenvalue weighted by Gasteiger charge is 2.29. The molecule has 1 fully saturated rings. The first-order valence-electron chi connectivity index (χ1n) is 9.06. The minimum absolute atomic E-state index is 0.0481. The standard InChI is InChI=1S/C21H22N4O2/c1-24(2)19-10-11-20(23-22-19)27-16-12-13-25(14-16)21(26)18-9-5-7-15-6-3-4-8-17(15)18/h3-11,16H,12-14H2,1-2H3. The first-order valence-corrected chi connectivity index (χ1v) is 9.06. The van der Waals surface area contributed by atoms with Gasteiger partial charge in [0.25, 0.3) is 5.91 Å². The molecule has 1 aliphatic heterocycles. The lowest BCUT2D eigenvalue weighted by Gasteiger charge is -2.18. The fourth-order valence-corrected chi connectivity index (χ4v) is 3.38. The maximum atomic E-state index is 13.0. The Morgan fingerprint density at radius 3 is 2.67 bits per heavy atom. The predicted molar refractivity (Wildman–Crippen MR) is 105 cm³/mol. The third kappa shape index (κ3) is 3.56. The number of carbonyl (C=O) groups excluding carboxylic acids is 1. The van der Waals surface area contributed by atoms with Gasteiger partial charge in [-0.1, -0.05) is 36.4 Å². The molecular formula is C21H22N4O2. The smallest absolute Gasteiger partial charge is 0.254 e. The van der Waals surface area contributed by atoms with E-state index >= 15 is 0 Å². The van der Waals surface area contributed by atoms with E-state index in [0.717, 1.165) is 28.6 Å². The van der Waals surface area contributed by atoms with Crippen LogP contribution in [0.25, 0.3) is 10.8 Å². The number of anilines is 1. The zero-order chi connectivity index (χ0) is 18.8. The molecule has 0 spiro atoms. The number of nitrogens with zero attached hydrogens (tertiary/aromatic N) is 4. The van der Waals surface area contributed by atoms with E-state index < -0.39 is 0 Å². The van der Waals surface area contributed by atoms with Crippen LogP contribution in [-0.4, -0.2) is 54.3 Å². The van der Waals surface area contributed by atoms with Gasteiger partial charge in [-0.3, -0.25) is 4.79 Å². The number of carbonyl (C=O) groups is 1. The summed E-state index contributed by atoms with van der Waals surface area (Å²) in [7, 11) is 3.83. The van der Waals surface area contributed by atoms with Crippen LogP contribution in [0.5, 0.6) is 5.88 Å². The highest BCUT2D eigenvalue weighted by atomic mass is 16.5. The summed E-state index contributed by atoms with van der Waals surface area (Å²) in [6, 6.07) is 17.5. The molecule has 1 saturated heterocycles. The number of amides is 1. The monoisotopic (exact) mass is 362 g/mol. The van der Waals surface area contributed by atoms with Crippen LogP contribution < -0.4 is 9.64 Å². The zero-order valence-corrected chi connectivity index (χ0v) is 15.5. The van der Waals surface area contributed by atoms with Crippen LogP contribution in [0.2, 0.25) is 0 Å². The van der Waals surface area contributed by atoms with Crippen LogP contribution in [0, 0.1) is 0 Å². The number of rotatable bonds is 4. The van der Waals surface area contributed by atoms with Crippen molar-refractivity contribution in [3.05, 3.63) is 60.2 Å². The number of hydrogen-bond acceptors (Lipinski definition) is 5. The van der Waals surface area contributed by atoms with Gasteiger partial charge < -0.3 is 14.5 Å². The first kappa shape index (κ1) is 17.3. The molecule has 6 nitrogen and oxygen atoms in total. The summed E-state index contributed by atoms with van der Waals surface area (Å²) < 4.78 is 5.93. The number of benzene rings is 2. The average molecular weight is 362 g/mol. The van der Waals surface area contributed by atoms with E-state index in [1.807, 2.05) is 78.5 Å². The van der Waals surface area contributed by atoms with E-state index in [0.29, 0.717) is 19.0 Å². The molecule has 0 bridgehead atoms. The summed E-state index contributed by atoms with van der Waals surface area (Å²) in [5, 5.41) is 10.3.